The van der Waals surface area contributed by atoms with Gasteiger partial charge in [0, 0.05) is 6.54 Å². The van der Waals surface area contributed by atoms with E-state index in [1.807, 2.05) is 4.68 Å². The lowest BCUT2D eigenvalue weighted by molar-refractivity contribution is 0.456. The second kappa shape index (κ2) is 9.86. The number of aryl methyl sites for hydroxylation is 1. The van der Waals surface area contributed by atoms with E-state index in [0.29, 0.717) is 0 Å². The molecule has 1 atom stereocenters. The summed E-state index contributed by atoms with van der Waals surface area (Å²) in [6.07, 6.45) is 7.56. The highest BCUT2D eigenvalue weighted by atomic mass is 15.5. The molecule has 0 radical (unpaired) electrons. The first-order valence-electron chi connectivity index (χ1n) is 8.14. The van der Waals surface area contributed by atoms with Crippen molar-refractivity contribution in [2.75, 3.05) is 6.54 Å². The van der Waals surface area contributed by atoms with Gasteiger partial charge in [-0.15, -0.1) is 5.10 Å². The van der Waals surface area contributed by atoms with Gasteiger partial charge in [-0.2, -0.15) is 0 Å². The molecule has 0 aliphatic carbocycles. The Kier molecular flexibility index (Phi) is 8.42. The van der Waals surface area contributed by atoms with Crippen molar-refractivity contribution in [3.8, 4) is 0 Å². The SMILES string of the molecule is CCCNC(C)c1nnnn1CCCCCCC(C)C. The summed E-state index contributed by atoms with van der Waals surface area (Å²) < 4.78 is 1.95. The molecule has 0 aromatic carbocycles. The molecule has 0 amide bonds. The normalized spacial score (nSPS) is 13.1. The van der Waals surface area contributed by atoms with Gasteiger partial charge in [-0.1, -0.05) is 46.5 Å². The van der Waals surface area contributed by atoms with Crippen LogP contribution in [-0.4, -0.2) is 26.8 Å². The van der Waals surface area contributed by atoms with Crippen molar-refractivity contribution in [2.24, 2.45) is 5.92 Å². The molecule has 1 unspecified atom stereocenters. The summed E-state index contributed by atoms with van der Waals surface area (Å²) >= 11 is 0. The molecule has 0 saturated carbocycles. The van der Waals surface area contributed by atoms with E-state index in [1.54, 1.807) is 0 Å². The van der Waals surface area contributed by atoms with E-state index < -0.39 is 0 Å². The van der Waals surface area contributed by atoms with E-state index in [4.69, 9.17) is 0 Å². The van der Waals surface area contributed by atoms with E-state index >= 15 is 0 Å². The Morgan fingerprint density at radius 1 is 1.10 bits per heavy atom. The number of nitrogens with zero attached hydrogens (tertiary/aromatic N) is 4. The summed E-state index contributed by atoms with van der Waals surface area (Å²) in [5, 5.41) is 15.5. The van der Waals surface area contributed by atoms with Crippen molar-refractivity contribution >= 4 is 0 Å². The summed E-state index contributed by atoms with van der Waals surface area (Å²) in [5.41, 5.74) is 0. The monoisotopic (exact) mass is 281 g/mol. The van der Waals surface area contributed by atoms with Gasteiger partial charge in [0.05, 0.1) is 6.04 Å². The molecule has 1 heterocycles. The molecule has 116 valence electrons. The lowest BCUT2D eigenvalue weighted by atomic mass is 10.0. The van der Waals surface area contributed by atoms with Gasteiger partial charge in [0.2, 0.25) is 0 Å². The fourth-order valence-corrected chi connectivity index (χ4v) is 2.30. The molecular formula is C15H31N5. The fourth-order valence-electron chi connectivity index (χ4n) is 2.30. The first kappa shape index (κ1) is 17.1. The molecule has 1 rings (SSSR count). The maximum Gasteiger partial charge on any atom is 0.167 e. The predicted molar refractivity (Wildman–Crippen MR) is 82.4 cm³/mol. The Labute approximate surface area is 123 Å². The molecule has 1 aromatic rings. The first-order chi connectivity index (χ1) is 9.65. The van der Waals surface area contributed by atoms with Crippen molar-refractivity contribution in [3.05, 3.63) is 5.82 Å². The third kappa shape index (κ3) is 6.46. The summed E-state index contributed by atoms with van der Waals surface area (Å²) in [7, 11) is 0. The van der Waals surface area contributed by atoms with Crippen molar-refractivity contribution in [2.45, 2.75) is 78.8 Å². The second-order valence-electron chi connectivity index (χ2n) is 6.03. The van der Waals surface area contributed by atoms with Gasteiger partial charge >= 0.3 is 0 Å². The Bertz CT molecular complexity index is 348. The van der Waals surface area contributed by atoms with Gasteiger partial charge in [-0.05, 0) is 42.7 Å². The van der Waals surface area contributed by atoms with E-state index in [0.717, 1.165) is 37.7 Å². The number of unbranched alkanes of at least 4 members (excludes halogenated alkanes) is 3. The fraction of sp³-hybridized carbons (Fsp3) is 0.933. The van der Waals surface area contributed by atoms with Crippen molar-refractivity contribution in [1.82, 2.24) is 25.5 Å². The summed E-state index contributed by atoms with van der Waals surface area (Å²) in [6.45, 7) is 10.8. The second-order valence-corrected chi connectivity index (χ2v) is 6.03. The standard InChI is InChI=1S/C15H31N5/c1-5-11-16-14(4)15-17-18-19-20(15)12-9-7-6-8-10-13(2)3/h13-14,16H,5-12H2,1-4H3. The quantitative estimate of drug-likeness (QED) is 0.632. The van der Waals surface area contributed by atoms with Crippen LogP contribution in [0.2, 0.25) is 0 Å². The van der Waals surface area contributed by atoms with Crippen molar-refractivity contribution in [3.63, 3.8) is 0 Å². The lowest BCUT2D eigenvalue weighted by Crippen LogP contribution is -2.23. The van der Waals surface area contributed by atoms with Gasteiger partial charge in [0.25, 0.3) is 0 Å². The Balaban J connectivity index is 2.25. The molecule has 0 bridgehead atoms. The van der Waals surface area contributed by atoms with Crippen LogP contribution in [-0.2, 0) is 6.54 Å². The summed E-state index contributed by atoms with van der Waals surface area (Å²) in [5.74, 6) is 1.78. The van der Waals surface area contributed by atoms with Crippen LogP contribution < -0.4 is 5.32 Å². The van der Waals surface area contributed by atoms with Gasteiger partial charge in [-0.3, -0.25) is 0 Å². The lowest BCUT2D eigenvalue weighted by Gasteiger charge is -2.12. The summed E-state index contributed by atoms with van der Waals surface area (Å²) in [6, 6.07) is 0.228. The Morgan fingerprint density at radius 3 is 2.55 bits per heavy atom. The van der Waals surface area contributed by atoms with Crippen LogP contribution in [0.4, 0.5) is 0 Å². The van der Waals surface area contributed by atoms with E-state index in [-0.39, 0.29) is 6.04 Å². The van der Waals surface area contributed by atoms with E-state index in [1.165, 1.54) is 25.7 Å². The molecule has 1 N–H and O–H groups in total. The number of aromatic nitrogens is 4. The Hall–Kier alpha value is -0.970. The third-order valence-electron chi connectivity index (χ3n) is 3.55. The van der Waals surface area contributed by atoms with Crippen LogP contribution >= 0.6 is 0 Å². The number of hydrogen-bond donors (Lipinski definition) is 1. The molecule has 0 spiro atoms. The zero-order valence-corrected chi connectivity index (χ0v) is 13.6. The van der Waals surface area contributed by atoms with Crippen molar-refractivity contribution < 1.29 is 0 Å². The third-order valence-corrected chi connectivity index (χ3v) is 3.55. The summed E-state index contributed by atoms with van der Waals surface area (Å²) in [4.78, 5) is 0. The predicted octanol–water partition coefficient (Wildman–Crippen LogP) is 3.34. The van der Waals surface area contributed by atoms with E-state index in [2.05, 4.69) is 48.5 Å². The molecule has 0 saturated heterocycles. The number of rotatable bonds is 11. The zero-order chi connectivity index (χ0) is 14.8. The highest BCUT2D eigenvalue weighted by Crippen LogP contribution is 2.12. The van der Waals surface area contributed by atoms with Crippen molar-refractivity contribution in [1.29, 1.82) is 0 Å². The number of tetrazole rings is 1. The molecular weight excluding hydrogens is 250 g/mol. The zero-order valence-electron chi connectivity index (χ0n) is 13.6. The maximum atomic E-state index is 4.15. The minimum absolute atomic E-state index is 0.228. The van der Waals surface area contributed by atoms with Crippen LogP contribution in [0.3, 0.4) is 0 Å². The van der Waals surface area contributed by atoms with Gasteiger partial charge in [-0.25, -0.2) is 4.68 Å². The van der Waals surface area contributed by atoms with Crippen LogP contribution in [0.5, 0.6) is 0 Å². The van der Waals surface area contributed by atoms with Gasteiger partial charge in [0.1, 0.15) is 0 Å². The van der Waals surface area contributed by atoms with Crippen LogP contribution in [0.25, 0.3) is 0 Å². The molecule has 0 fully saturated rings. The molecule has 20 heavy (non-hydrogen) atoms. The topological polar surface area (TPSA) is 55.6 Å². The van der Waals surface area contributed by atoms with Gasteiger partial charge < -0.3 is 5.32 Å². The minimum Gasteiger partial charge on any atom is -0.307 e. The molecule has 5 heteroatoms. The maximum absolute atomic E-state index is 4.15. The molecule has 0 aliphatic rings. The highest BCUT2D eigenvalue weighted by Gasteiger charge is 2.13. The molecule has 1 aromatic heterocycles. The highest BCUT2D eigenvalue weighted by molar-refractivity contribution is 4.89. The molecule has 5 nitrogen and oxygen atoms in total. The molecule has 0 aliphatic heterocycles. The van der Waals surface area contributed by atoms with Crippen LogP contribution in [0.15, 0.2) is 0 Å². The largest absolute Gasteiger partial charge is 0.307 e. The van der Waals surface area contributed by atoms with Gasteiger partial charge in [0.15, 0.2) is 5.82 Å². The average Bonchev–Trinajstić information content (AvgIpc) is 2.88. The Morgan fingerprint density at radius 2 is 1.85 bits per heavy atom. The smallest absolute Gasteiger partial charge is 0.167 e. The number of nitrogens with one attached hydrogen (secondary N) is 1. The van der Waals surface area contributed by atoms with Crippen LogP contribution in [0.1, 0.15) is 78.1 Å². The number of hydrogen-bond acceptors (Lipinski definition) is 4. The first-order valence-corrected chi connectivity index (χ1v) is 8.14. The van der Waals surface area contributed by atoms with E-state index in [9.17, 15) is 0 Å². The minimum atomic E-state index is 0.228. The average molecular weight is 281 g/mol. The van der Waals surface area contributed by atoms with Crippen LogP contribution in [0, 0.1) is 5.92 Å².